The second-order valence-corrected chi connectivity index (χ2v) is 5.89. The zero-order valence-electron chi connectivity index (χ0n) is 12.7. The lowest BCUT2D eigenvalue weighted by atomic mass is 9.84. The van der Waals surface area contributed by atoms with Gasteiger partial charge in [-0.25, -0.2) is 0 Å². The number of carbonyl (C=O) groups excluding carboxylic acids is 1. The van der Waals surface area contributed by atoms with E-state index in [0.29, 0.717) is 12.1 Å². The highest BCUT2D eigenvalue weighted by Crippen LogP contribution is 2.25. The van der Waals surface area contributed by atoms with Crippen LogP contribution in [0.5, 0.6) is 0 Å². The SMILES string of the molecule is Cc1cccc(C(C)(C)CNc2ccncc2C(N)=O)c1. The van der Waals surface area contributed by atoms with Crippen LogP contribution in [0.3, 0.4) is 0 Å². The van der Waals surface area contributed by atoms with Crippen molar-refractivity contribution >= 4 is 11.6 Å². The molecule has 0 radical (unpaired) electrons. The van der Waals surface area contributed by atoms with Gasteiger partial charge in [-0.05, 0) is 18.6 Å². The van der Waals surface area contributed by atoms with E-state index >= 15 is 0 Å². The van der Waals surface area contributed by atoms with Crippen molar-refractivity contribution in [1.82, 2.24) is 4.98 Å². The Morgan fingerprint density at radius 1 is 1.33 bits per heavy atom. The quantitative estimate of drug-likeness (QED) is 0.886. The number of nitrogens with two attached hydrogens (primary N) is 1. The molecule has 3 N–H and O–H groups in total. The number of nitrogens with one attached hydrogen (secondary N) is 1. The topological polar surface area (TPSA) is 68.0 Å². The van der Waals surface area contributed by atoms with Gasteiger partial charge < -0.3 is 11.1 Å². The van der Waals surface area contributed by atoms with Crippen molar-refractivity contribution in [3.63, 3.8) is 0 Å². The maximum atomic E-state index is 11.4. The molecule has 21 heavy (non-hydrogen) atoms. The number of anilines is 1. The highest BCUT2D eigenvalue weighted by molar-refractivity contribution is 5.98. The van der Waals surface area contributed by atoms with Crippen molar-refractivity contribution in [2.45, 2.75) is 26.2 Å². The zero-order chi connectivity index (χ0) is 15.5. The summed E-state index contributed by atoms with van der Waals surface area (Å²) in [5.74, 6) is -0.473. The highest BCUT2D eigenvalue weighted by atomic mass is 16.1. The molecule has 0 aliphatic heterocycles. The number of pyridine rings is 1. The van der Waals surface area contributed by atoms with Crippen LogP contribution in [0, 0.1) is 6.92 Å². The third kappa shape index (κ3) is 3.60. The van der Waals surface area contributed by atoms with Crippen LogP contribution in [-0.2, 0) is 5.41 Å². The second-order valence-electron chi connectivity index (χ2n) is 5.89. The van der Waals surface area contributed by atoms with Gasteiger partial charge in [0.15, 0.2) is 0 Å². The Kier molecular flexibility index (Phi) is 4.26. The highest BCUT2D eigenvalue weighted by Gasteiger charge is 2.21. The van der Waals surface area contributed by atoms with Gasteiger partial charge in [0.25, 0.3) is 5.91 Å². The fourth-order valence-corrected chi connectivity index (χ4v) is 2.23. The molecule has 0 spiro atoms. The van der Waals surface area contributed by atoms with E-state index in [1.54, 1.807) is 12.3 Å². The maximum absolute atomic E-state index is 11.4. The number of nitrogens with zero attached hydrogens (tertiary/aromatic N) is 1. The molecule has 2 rings (SSSR count). The first-order valence-electron chi connectivity index (χ1n) is 6.95. The van der Waals surface area contributed by atoms with E-state index in [2.05, 4.69) is 55.3 Å². The van der Waals surface area contributed by atoms with E-state index in [-0.39, 0.29) is 5.41 Å². The first kappa shape index (κ1) is 15.0. The third-order valence-corrected chi connectivity index (χ3v) is 3.61. The number of benzene rings is 1. The molecule has 0 aliphatic carbocycles. The van der Waals surface area contributed by atoms with Gasteiger partial charge in [-0.2, -0.15) is 0 Å². The molecule has 110 valence electrons. The molecule has 1 heterocycles. The molecule has 1 aromatic carbocycles. The van der Waals surface area contributed by atoms with Gasteiger partial charge in [-0.1, -0.05) is 43.7 Å². The van der Waals surface area contributed by atoms with Crippen molar-refractivity contribution < 1.29 is 4.79 Å². The molecule has 0 saturated heterocycles. The van der Waals surface area contributed by atoms with Crippen molar-refractivity contribution in [2.24, 2.45) is 5.73 Å². The van der Waals surface area contributed by atoms with Crippen LogP contribution in [0.25, 0.3) is 0 Å². The third-order valence-electron chi connectivity index (χ3n) is 3.61. The lowest BCUT2D eigenvalue weighted by Crippen LogP contribution is -2.28. The van der Waals surface area contributed by atoms with Crippen LogP contribution in [0.15, 0.2) is 42.7 Å². The van der Waals surface area contributed by atoms with Crippen LogP contribution < -0.4 is 11.1 Å². The lowest BCUT2D eigenvalue weighted by molar-refractivity contribution is 0.100. The Balaban J connectivity index is 2.17. The van der Waals surface area contributed by atoms with E-state index in [9.17, 15) is 4.79 Å². The number of amides is 1. The van der Waals surface area contributed by atoms with Gasteiger partial charge in [-0.15, -0.1) is 0 Å². The van der Waals surface area contributed by atoms with Crippen LogP contribution in [-0.4, -0.2) is 17.4 Å². The van der Waals surface area contributed by atoms with Crippen LogP contribution >= 0.6 is 0 Å². The molecule has 1 aromatic heterocycles. The van der Waals surface area contributed by atoms with Crippen molar-refractivity contribution in [2.75, 3.05) is 11.9 Å². The summed E-state index contributed by atoms with van der Waals surface area (Å²) in [5.41, 5.74) is 8.93. The molecule has 0 fully saturated rings. The van der Waals surface area contributed by atoms with E-state index in [0.717, 1.165) is 5.69 Å². The monoisotopic (exact) mass is 283 g/mol. The minimum atomic E-state index is -0.473. The first-order chi connectivity index (χ1) is 9.90. The number of hydrogen-bond acceptors (Lipinski definition) is 3. The zero-order valence-corrected chi connectivity index (χ0v) is 12.7. The van der Waals surface area contributed by atoms with E-state index in [4.69, 9.17) is 5.73 Å². The summed E-state index contributed by atoms with van der Waals surface area (Å²) in [6.07, 6.45) is 3.14. The number of carbonyl (C=O) groups is 1. The second kappa shape index (κ2) is 5.95. The molecular weight excluding hydrogens is 262 g/mol. The number of hydrogen-bond donors (Lipinski definition) is 2. The fraction of sp³-hybridized carbons (Fsp3) is 0.294. The largest absolute Gasteiger partial charge is 0.383 e. The summed E-state index contributed by atoms with van der Waals surface area (Å²) >= 11 is 0. The van der Waals surface area contributed by atoms with Gasteiger partial charge in [0, 0.05) is 24.4 Å². The van der Waals surface area contributed by atoms with Gasteiger partial charge in [0.1, 0.15) is 0 Å². The molecule has 2 aromatic rings. The predicted molar refractivity (Wildman–Crippen MR) is 85.4 cm³/mol. The molecule has 0 aliphatic rings. The summed E-state index contributed by atoms with van der Waals surface area (Å²) in [6, 6.07) is 10.2. The summed E-state index contributed by atoms with van der Waals surface area (Å²) in [6.45, 7) is 7.11. The summed E-state index contributed by atoms with van der Waals surface area (Å²) in [5, 5.41) is 3.31. The lowest BCUT2D eigenvalue weighted by Gasteiger charge is -2.27. The molecule has 0 atom stereocenters. The normalized spacial score (nSPS) is 11.2. The average Bonchev–Trinajstić information content (AvgIpc) is 2.45. The Bertz CT molecular complexity index is 650. The number of primary amides is 1. The molecule has 4 heteroatoms. The predicted octanol–water partition coefficient (Wildman–Crippen LogP) is 2.88. The minimum absolute atomic E-state index is 0.0653. The Labute approximate surface area is 125 Å². The fourth-order valence-electron chi connectivity index (χ4n) is 2.23. The molecule has 0 saturated carbocycles. The molecule has 0 bridgehead atoms. The van der Waals surface area contributed by atoms with E-state index < -0.39 is 5.91 Å². The molecule has 1 amide bonds. The van der Waals surface area contributed by atoms with Crippen molar-refractivity contribution in [3.8, 4) is 0 Å². The molecule has 4 nitrogen and oxygen atoms in total. The van der Waals surface area contributed by atoms with Gasteiger partial charge in [0.2, 0.25) is 0 Å². The first-order valence-corrected chi connectivity index (χ1v) is 6.95. The van der Waals surface area contributed by atoms with Gasteiger partial charge in [-0.3, -0.25) is 9.78 Å². The number of aromatic nitrogens is 1. The maximum Gasteiger partial charge on any atom is 0.252 e. The van der Waals surface area contributed by atoms with Crippen LogP contribution in [0.4, 0.5) is 5.69 Å². The molecular formula is C17H21N3O. The number of rotatable bonds is 5. The summed E-state index contributed by atoms with van der Waals surface area (Å²) in [4.78, 5) is 15.3. The smallest absolute Gasteiger partial charge is 0.252 e. The number of aryl methyl sites for hydroxylation is 1. The molecule has 0 unspecified atom stereocenters. The van der Waals surface area contributed by atoms with Crippen molar-refractivity contribution in [1.29, 1.82) is 0 Å². The van der Waals surface area contributed by atoms with E-state index in [1.807, 2.05) is 0 Å². The Hall–Kier alpha value is -2.36. The van der Waals surface area contributed by atoms with Crippen LogP contribution in [0.2, 0.25) is 0 Å². The Morgan fingerprint density at radius 2 is 2.10 bits per heavy atom. The summed E-state index contributed by atoms with van der Waals surface area (Å²) in [7, 11) is 0. The Morgan fingerprint density at radius 3 is 2.76 bits per heavy atom. The van der Waals surface area contributed by atoms with Gasteiger partial charge >= 0.3 is 0 Å². The standard InChI is InChI=1S/C17H21N3O/c1-12-5-4-6-13(9-12)17(2,3)11-20-15-7-8-19-10-14(15)16(18)21/h4-10H,11H2,1-3H3,(H2,18,21)(H,19,20). The van der Waals surface area contributed by atoms with Crippen molar-refractivity contribution in [3.05, 3.63) is 59.4 Å². The average molecular weight is 283 g/mol. The van der Waals surface area contributed by atoms with Crippen LogP contribution in [0.1, 0.15) is 35.3 Å². The minimum Gasteiger partial charge on any atom is -0.383 e. The van der Waals surface area contributed by atoms with E-state index in [1.165, 1.54) is 17.3 Å². The summed E-state index contributed by atoms with van der Waals surface area (Å²) < 4.78 is 0. The van der Waals surface area contributed by atoms with Gasteiger partial charge in [0.05, 0.1) is 11.3 Å².